The fourth-order valence-corrected chi connectivity index (χ4v) is 2.19. The monoisotopic (exact) mass is 233 g/mol. The molecule has 1 atom stereocenters. The summed E-state index contributed by atoms with van der Waals surface area (Å²) in [5.74, 6) is 1.27. The first-order valence-electron chi connectivity index (χ1n) is 6.61. The van der Waals surface area contributed by atoms with Crippen LogP contribution in [0.5, 0.6) is 0 Å². The van der Waals surface area contributed by atoms with E-state index in [2.05, 4.69) is 64.2 Å². The molecular formula is C16H27N. The number of likely N-dealkylation sites (N-methyl/N-ethyl adjacent to an activating group) is 1. The quantitative estimate of drug-likeness (QED) is 0.830. The minimum absolute atomic E-state index is 0.245. The van der Waals surface area contributed by atoms with Crippen LogP contribution in [0.1, 0.15) is 51.7 Å². The van der Waals surface area contributed by atoms with Gasteiger partial charge in [0.05, 0.1) is 0 Å². The second-order valence-corrected chi connectivity index (χ2v) is 6.28. The summed E-state index contributed by atoms with van der Waals surface area (Å²) >= 11 is 0. The minimum Gasteiger partial charge on any atom is -0.319 e. The first-order valence-corrected chi connectivity index (χ1v) is 6.61. The van der Waals surface area contributed by atoms with E-state index in [1.54, 1.807) is 0 Å². The molecule has 0 saturated heterocycles. The van der Waals surface area contributed by atoms with E-state index in [-0.39, 0.29) is 5.41 Å². The summed E-state index contributed by atoms with van der Waals surface area (Å²) in [5, 5.41) is 3.29. The van der Waals surface area contributed by atoms with Crippen molar-refractivity contribution in [3.05, 3.63) is 35.4 Å². The van der Waals surface area contributed by atoms with Crippen molar-refractivity contribution < 1.29 is 0 Å². The topological polar surface area (TPSA) is 12.0 Å². The average molecular weight is 233 g/mol. The molecule has 1 aromatic rings. The van der Waals surface area contributed by atoms with Crippen molar-refractivity contribution in [2.45, 2.75) is 46.0 Å². The largest absolute Gasteiger partial charge is 0.319 e. The molecule has 0 saturated carbocycles. The van der Waals surface area contributed by atoms with E-state index in [4.69, 9.17) is 0 Å². The summed E-state index contributed by atoms with van der Waals surface area (Å²) in [6.07, 6.45) is 0. The fraction of sp³-hybridized carbons (Fsp3) is 0.625. The summed E-state index contributed by atoms with van der Waals surface area (Å²) in [6.45, 7) is 12.4. The molecule has 0 bridgehead atoms. The maximum Gasteiger partial charge on any atom is 0.00196 e. The zero-order valence-corrected chi connectivity index (χ0v) is 12.2. The lowest BCUT2D eigenvalue weighted by Gasteiger charge is -2.23. The molecule has 96 valence electrons. The molecule has 1 rings (SSSR count). The molecular weight excluding hydrogens is 206 g/mol. The van der Waals surface area contributed by atoms with Gasteiger partial charge in [0.1, 0.15) is 0 Å². The van der Waals surface area contributed by atoms with Crippen LogP contribution in [0.3, 0.4) is 0 Å². The van der Waals surface area contributed by atoms with Crippen LogP contribution in [0.4, 0.5) is 0 Å². The summed E-state index contributed by atoms with van der Waals surface area (Å²) in [6, 6.07) is 9.14. The molecule has 0 aliphatic rings. The summed E-state index contributed by atoms with van der Waals surface area (Å²) in [4.78, 5) is 0. The predicted octanol–water partition coefficient (Wildman–Crippen LogP) is 3.94. The SMILES string of the molecule is CNCC(c1ccc(C(C)(C)C)cc1)C(C)C. The van der Waals surface area contributed by atoms with Gasteiger partial charge in [-0.15, -0.1) is 0 Å². The van der Waals surface area contributed by atoms with E-state index < -0.39 is 0 Å². The Morgan fingerprint density at radius 1 is 1.06 bits per heavy atom. The highest BCUT2D eigenvalue weighted by Crippen LogP contribution is 2.27. The number of rotatable bonds is 4. The fourth-order valence-electron chi connectivity index (χ4n) is 2.19. The first kappa shape index (κ1) is 14.2. The van der Waals surface area contributed by atoms with Crippen LogP contribution in [0.15, 0.2) is 24.3 Å². The maximum atomic E-state index is 3.29. The van der Waals surface area contributed by atoms with Gasteiger partial charge in [-0.25, -0.2) is 0 Å². The average Bonchev–Trinajstić information content (AvgIpc) is 2.24. The highest BCUT2D eigenvalue weighted by Gasteiger charge is 2.17. The Balaban J connectivity index is 2.92. The molecule has 0 radical (unpaired) electrons. The van der Waals surface area contributed by atoms with E-state index in [0.717, 1.165) is 6.54 Å². The number of hydrogen-bond donors (Lipinski definition) is 1. The number of nitrogens with one attached hydrogen (secondary N) is 1. The lowest BCUT2D eigenvalue weighted by Crippen LogP contribution is -2.21. The van der Waals surface area contributed by atoms with Crippen molar-refractivity contribution in [3.63, 3.8) is 0 Å². The molecule has 0 fully saturated rings. The van der Waals surface area contributed by atoms with Crippen LogP contribution in [-0.2, 0) is 5.41 Å². The van der Waals surface area contributed by atoms with Crippen molar-refractivity contribution in [2.75, 3.05) is 13.6 Å². The molecule has 0 aromatic heterocycles. The van der Waals surface area contributed by atoms with E-state index in [1.165, 1.54) is 11.1 Å². The standard InChI is InChI=1S/C16H27N/c1-12(2)15(11-17-6)13-7-9-14(10-8-13)16(3,4)5/h7-10,12,15,17H,11H2,1-6H3. The van der Waals surface area contributed by atoms with Gasteiger partial charge in [-0.1, -0.05) is 58.9 Å². The summed E-state index contributed by atoms with van der Waals surface area (Å²) in [7, 11) is 2.03. The molecule has 1 N–H and O–H groups in total. The molecule has 1 heteroatoms. The van der Waals surface area contributed by atoms with Gasteiger partial charge in [-0.3, -0.25) is 0 Å². The van der Waals surface area contributed by atoms with Crippen molar-refractivity contribution in [1.29, 1.82) is 0 Å². The van der Waals surface area contributed by atoms with Gasteiger partial charge in [0.25, 0.3) is 0 Å². The third-order valence-corrected chi connectivity index (χ3v) is 3.43. The van der Waals surface area contributed by atoms with Crippen LogP contribution in [0.25, 0.3) is 0 Å². The van der Waals surface area contributed by atoms with Crippen molar-refractivity contribution in [1.82, 2.24) is 5.32 Å². The van der Waals surface area contributed by atoms with Crippen molar-refractivity contribution >= 4 is 0 Å². The van der Waals surface area contributed by atoms with Crippen molar-refractivity contribution in [2.24, 2.45) is 5.92 Å². The lowest BCUT2D eigenvalue weighted by atomic mass is 9.83. The number of hydrogen-bond acceptors (Lipinski definition) is 1. The normalized spacial score (nSPS) is 14.1. The minimum atomic E-state index is 0.245. The van der Waals surface area contributed by atoms with E-state index in [1.807, 2.05) is 7.05 Å². The molecule has 1 nitrogen and oxygen atoms in total. The van der Waals surface area contributed by atoms with Crippen LogP contribution < -0.4 is 5.32 Å². The molecule has 0 amide bonds. The van der Waals surface area contributed by atoms with Crippen LogP contribution in [0, 0.1) is 5.92 Å². The predicted molar refractivity (Wildman–Crippen MR) is 76.6 cm³/mol. The van der Waals surface area contributed by atoms with Gasteiger partial charge < -0.3 is 5.32 Å². The Labute approximate surface area is 107 Å². The van der Waals surface area contributed by atoms with E-state index in [0.29, 0.717) is 11.8 Å². The number of benzene rings is 1. The zero-order valence-electron chi connectivity index (χ0n) is 12.2. The Bertz CT molecular complexity index is 330. The summed E-state index contributed by atoms with van der Waals surface area (Å²) in [5.41, 5.74) is 3.10. The molecule has 17 heavy (non-hydrogen) atoms. The zero-order chi connectivity index (χ0) is 13.1. The molecule has 0 spiro atoms. The third-order valence-electron chi connectivity index (χ3n) is 3.43. The molecule has 0 aliphatic carbocycles. The van der Waals surface area contributed by atoms with Gasteiger partial charge in [-0.2, -0.15) is 0 Å². The third kappa shape index (κ3) is 3.85. The lowest BCUT2D eigenvalue weighted by molar-refractivity contribution is 0.478. The Hall–Kier alpha value is -0.820. The van der Waals surface area contributed by atoms with E-state index >= 15 is 0 Å². The van der Waals surface area contributed by atoms with Gasteiger partial charge in [0.2, 0.25) is 0 Å². The van der Waals surface area contributed by atoms with Gasteiger partial charge in [-0.05, 0) is 35.4 Å². The van der Waals surface area contributed by atoms with Crippen LogP contribution >= 0.6 is 0 Å². The van der Waals surface area contributed by atoms with Gasteiger partial charge in [0, 0.05) is 6.54 Å². The maximum absolute atomic E-state index is 3.29. The second-order valence-electron chi connectivity index (χ2n) is 6.28. The highest BCUT2D eigenvalue weighted by molar-refractivity contribution is 5.30. The smallest absolute Gasteiger partial charge is 0.00196 e. The Morgan fingerprint density at radius 2 is 1.59 bits per heavy atom. The Kier molecular flexibility index (Phi) is 4.76. The van der Waals surface area contributed by atoms with E-state index in [9.17, 15) is 0 Å². The molecule has 0 aliphatic heterocycles. The van der Waals surface area contributed by atoms with Gasteiger partial charge in [0.15, 0.2) is 0 Å². The molecule has 1 aromatic carbocycles. The highest BCUT2D eigenvalue weighted by atomic mass is 14.8. The van der Waals surface area contributed by atoms with Crippen LogP contribution in [-0.4, -0.2) is 13.6 Å². The first-order chi connectivity index (χ1) is 7.86. The van der Waals surface area contributed by atoms with Crippen molar-refractivity contribution in [3.8, 4) is 0 Å². The van der Waals surface area contributed by atoms with Gasteiger partial charge >= 0.3 is 0 Å². The molecule has 0 heterocycles. The van der Waals surface area contributed by atoms with Crippen LogP contribution in [0.2, 0.25) is 0 Å². The Morgan fingerprint density at radius 3 is 1.94 bits per heavy atom. The second kappa shape index (κ2) is 5.68. The summed E-state index contributed by atoms with van der Waals surface area (Å²) < 4.78 is 0. The molecule has 1 unspecified atom stereocenters.